The largest absolute Gasteiger partial charge is 0.207 e. The lowest BCUT2D eigenvalue weighted by Crippen LogP contribution is -1.96. The van der Waals surface area contributed by atoms with Gasteiger partial charge in [0, 0.05) is 0 Å². The van der Waals surface area contributed by atoms with Crippen LogP contribution in [0.5, 0.6) is 0 Å². The van der Waals surface area contributed by atoms with E-state index in [2.05, 4.69) is 200 Å². The van der Waals surface area contributed by atoms with E-state index in [1.807, 2.05) is 12.1 Å². The van der Waals surface area contributed by atoms with Crippen LogP contribution >= 0.6 is 0 Å². The van der Waals surface area contributed by atoms with E-state index in [-0.39, 0.29) is 5.82 Å². The molecule has 0 radical (unpaired) electrons. The first-order chi connectivity index (χ1) is 29.2. The van der Waals surface area contributed by atoms with Crippen molar-refractivity contribution >= 4 is 32.3 Å². The summed E-state index contributed by atoms with van der Waals surface area (Å²) in [6, 6.07) is 79.4. The molecule has 0 N–H and O–H groups in total. The second kappa shape index (κ2) is 14.4. The quantitative estimate of drug-likeness (QED) is 0.142. The molecule has 59 heavy (non-hydrogen) atoms. The second-order valence-electron chi connectivity index (χ2n) is 15.3. The Morgan fingerprint density at radius 2 is 0.475 bits per heavy atom. The first kappa shape index (κ1) is 34.6. The standard InChI is InChI=1S/C58H37F/c59-42-30-28-41(29-31-42)53-36-54(46-25-13-10-22-43(46)38-16-4-1-5-17-38)50-34-35-52-56(48-27-15-12-24-45(48)40-20-8-3-9-21-40)37-55(51-33-32-49(53)57(50)58(51)52)47-26-14-11-23-44(47)39-18-6-2-7-19-39/h1-37H. The topological polar surface area (TPSA) is 0 Å². The molecule has 0 nitrogen and oxygen atoms in total. The van der Waals surface area contributed by atoms with Crippen molar-refractivity contribution < 1.29 is 4.39 Å². The van der Waals surface area contributed by atoms with Crippen LogP contribution in [0.4, 0.5) is 4.39 Å². The predicted molar refractivity (Wildman–Crippen MR) is 248 cm³/mol. The molecule has 0 aliphatic carbocycles. The fourth-order valence-electron chi connectivity index (χ4n) is 9.29. The third-order valence-electron chi connectivity index (χ3n) is 12.0. The van der Waals surface area contributed by atoms with Crippen LogP contribution < -0.4 is 0 Å². The normalized spacial score (nSPS) is 11.5. The number of benzene rings is 11. The zero-order valence-corrected chi connectivity index (χ0v) is 32.2. The van der Waals surface area contributed by atoms with Gasteiger partial charge in [0.25, 0.3) is 0 Å². The molecule has 0 atom stereocenters. The maximum atomic E-state index is 14.5. The summed E-state index contributed by atoms with van der Waals surface area (Å²) in [6.45, 7) is 0. The van der Waals surface area contributed by atoms with E-state index in [0.717, 1.165) is 33.2 Å². The first-order valence-corrected chi connectivity index (χ1v) is 20.2. The highest BCUT2D eigenvalue weighted by Gasteiger charge is 2.23. The minimum atomic E-state index is -0.246. The maximum Gasteiger partial charge on any atom is 0.123 e. The molecule has 0 unspecified atom stereocenters. The SMILES string of the molecule is Fc1ccc(-c2cc(-c3ccccc3-c3ccccc3)c3ccc4c(-c5ccccc5-c5ccccc5)cc(-c5ccccc5-c5ccccc5)c5ccc2c3c54)cc1. The molecular formula is C58H37F. The van der Waals surface area contributed by atoms with Gasteiger partial charge in [-0.3, -0.25) is 0 Å². The molecule has 0 saturated heterocycles. The molecule has 0 aliphatic rings. The van der Waals surface area contributed by atoms with E-state index in [0.29, 0.717) is 0 Å². The molecule has 11 aromatic carbocycles. The molecule has 0 aliphatic heterocycles. The van der Waals surface area contributed by atoms with Gasteiger partial charge in [0.2, 0.25) is 0 Å². The van der Waals surface area contributed by atoms with Crippen molar-refractivity contribution in [3.05, 3.63) is 230 Å². The number of rotatable bonds is 7. The monoisotopic (exact) mass is 752 g/mol. The van der Waals surface area contributed by atoms with Crippen LogP contribution in [0.15, 0.2) is 224 Å². The van der Waals surface area contributed by atoms with Crippen molar-refractivity contribution in [2.24, 2.45) is 0 Å². The van der Waals surface area contributed by atoms with Crippen LogP contribution in [0.2, 0.25) is 0 Å². The smallest absolute Gasteiger partial charge is 0.123 e. The summed E-state index contributed by atoms with van der Waals surface area (Å²) >= 11 is 0. The van der Waals surface area contributed by atoms with E-state index in [4.69, 9.17) is 0 Å². The third-order valence-corrected chi connectivity index (χ3v) is 12.0. The minimum absolute atomic E-state index is 0.246. The van der Waals surface area contributed by atoms with Crippen molar-refractivity contribution in [3.63, 3.8) is 0 Å². The lowest BCUT2D eigenvalue weighted by atomic mass is 9.80. The van der Waals surface area contributed by atoms with Crippen molar-refractivity contribution in [3.8, 4) is 77.9 Å². The lowest BCUT2D eigenvalue weighted by molar-refractivity contribution is 0.628. The summed E-state index contributed by atoms with van der Waals surface area (Å²) in [5.41, 5.74) is 16.2. The van der Waals surface area contributed by atoms with Gasteiger partial charge in [-0.05, 0) is 134 Å². The summed E-state index contributed by atoms with van der Waals surface area (Å²) in [5.74, 6) is -0.246. The van der Waals surface area contributed by atoms with E-state index in [9.17, 15) is 4.39 Å². The molecule has 1 heteroatoms. The Hall–Kier alpha value is -7.61. The molecule has 0 bridgehead atoms. The summed E-state index contributed by atoms with van der Waals surface area (Å²) in [7, 11) is 0. The Bertz CT molecular complexity index is 3190. The van der Waals surface area contributed by atoms with Gasteiger partial charge in [-0.2, -0.15) is 0 Å². The van der Waals surface area contributed by atoms with Gasteiger partial charge in [0.05, 0.1) is 0 Å². The lowest BCUT2D eigenvalue weighted by Gasteiger charge is -2.23. The highest BCUT2D eigenvalue weighted by atomic mass is 19.1. The van der Waals surface area contributed by atoms with Crippen LogP contribution in [0.3, 0.4) is 0 Å². The Morgan fingerprint density at radius 3 is 0.831 bits per heavy atom. The fourth-order valence-corrected chi connectivity index (χ4v) is 9.29. The van der Waals surface area contributed by atoms with Crippen molar-refractivity contribution in [1.29, 1.82) is 0 Å². The second-order valence-corrected chi connectivity index (χ2v) is 15.3. The van der Waals surface area contributed by atoms with Crippen molar-refractivity contribution in [2.45, 2.75) is 0 Å². The molecule has 11 aromatic rings. The van der Waals surface area contributed by atoms with E-state index >= 15 is 0 Å². The zero-order chi connectivity index (χ0) is 39.3. The van der Waals surface area contributed by atoms with Gasteiger partial charge in [-0.25, -0.2) is 4.39 Å². The number of hydrogen-bond donors (Lipinski definition) is 0. The minimum Gasteiger partial charge on any atom is -0.207 e. The molecule has 0 fully saturated rings. The summed E-state index contributed by atoms with van der Waals surface area (Å²) in [6.07, 6.45) is 0. The molecule has 276 valence electrons. The Labute approximate surface area is 343 Å². The number of halogens is 1. The van der Waals surface area contributed by atoms with Gasteiger partial charge in [0.15, 0.2) is 0 Å². The van der Waals surface area contributed by atoms with Crippen molar-refractivity contribution in [2.75, 3.05) is 0 Å². The fraction of sp³-hybridized carbons (Fsp3) is 0. The highest BCUT2D eigenvalue weighted by molar-refractivity contribution is 6.32. The Morgan fingerprint density at radius 1 is 0.203 bits per heavy atom. The zero-order valence-electron chi connectivity index (χ0n) is 32.2. The highest BCUT2D eigenvalue weighted by Crippen LogP contribution is 2.51. The van der Waals surface area contributed by atoms with Gasteiger partial charge < -0.3 is 0 Å². The molecule has 0 heterocycles. The average Bonchev–Trinajstić information content (AvgIpc) is 3.31. The van der Waals surface area contributed by atoms with Crippen LogP contribution in [-0.4, -0.2) is 0 Å². The van der Waals surface area contributed by atoms with E-state index in [1.54, 1.807) is 12.1 Å². The van der Waals surface area contributed by atoms with Gasteiger partial charge in [0.1, 0.15) is 5.82 Å². The van der Waals surface area contributed by atoms with Gasteiger partial charge in [-0.15, -0.1) is 0 Å². The van der Waals surface area contributed by atoms with Crippen LogP contribution in [-0.2, 0) is 0 Å². The molecule has 0 saturated carbocycles. The maximum absolute atomic E-state index is 14.5. The van der Waals surface area contributed by atoms with Crippen LogP contribution in [0, 0.1) is 5.82 Å². The van der Waals surface area contributed by atoms with Crippen molar-refractivity contribution in [1.82, 2.24) is 0 Å². The van der Waals surface area contributed by atoms with E-state index in [1.165, 1.54) is 77.0 Å². The molecular weight excluding hydrogens is 716 g/mol. The van der Waals surface area contributed by atoms with Crippen LogP contribution in [0.1, 0.15) is 0 Å². The van der Waals surface area contributed by atoms with Crippen LogP contribution in [0.25, 0.3) is 110 Å². The summed E-state index contributed by atoms with van der Waals surface area (Å²) in [4.78, 5) is 0. The Kier molecular flexibility index (Phi) is 8.45. The van der Waals surface area contributed by atoms with Gasteiger partial charge in [-0.1, -0.05) is 200 Å². The molecule has 0 spiro atoms. The average molecular weight is 753 g/mol. The third kappa shape index (κ3) is 5.90. The summed E-state index contributed by atoms with van der Waals surface area (Å²) < 4.78 is 14.5. The number of hydrogen-bond acceptors (Lipinski definition) is 0. The summed E-state index contributed by atoms with van der Waals surface area (Å²) in [5, 5.41) is 7.14. The predicted octanol–water partition coefficient (Wildman–Crippen LogP) is 16.4. The first-order valence-electron chi connectivity index (χ1n) is 20.2. The molecule has 0 amide bonds. The van der Waals surface area contributed by atoms with Gasteiger partial charge >= 0.3 is 0 Å². The molecule has 0 aromatic heterocycles. The Balaban J connectivity index is 1.32. The van der Waals surface area contributed by atoms with E-state index < -0.39 is 0 Å². The molecule has 11 rings (SSSR count).